The summed E-state index contributed by atoms with van der Waals surface area (Å²) in [5, 5.41) is 10.2. The van der Waals surface area contributed by atoms with Crippen molar-refractivity contribution >= 4 is 42.8 Å². The number of hydrogen-bond acceptors (Lipinski definition) is 4. The molecule has 4 nitrogen and oxygen atoms in total. The summed E-state index contributed by atoms with van der Waals surface area (Å²) in [5.74, 6) is 0.706. The minimum Gasteiger partial charge on any atom is -0.505 e. The van der Waals surface area contributed by atoms with Crippen molar-refractivity contribution in [1.29, 1.82) is 0 Å². The van der Waals surface area contributed by atoms with E-state index >= 15 is 0 Å². The minimum atomic E-state index is -0.173. The van der Waals surface area contributed by atoms with Crippen molar-refractivity contribution in [3.05, 3.63) is 55.8 Å². The summed E-state index contributed by atoms with van der Waals surface area (Å²) >= 11 is 6.46. The van der Waals surface area contributed by atoms with Crippen LogP contribution in [0.2, 0.25) is 0 Å². The molecule has 0 atom stereocenters. The van der Waals surface area contributed by atoms with E-state index in [0.717, 1.165) is 5.56 Å². The molecule has 6 heteroatoms. The summed E-state index contributed by atoms with van der Waals surface area (Å²) in [5.41, 5.74) is 1.31. The van der Waals surface area contributed by atoms with Crippen molar-refractivity contribution in [2.45, 2.75) is 0 Å². The second-order valence-corrected chi connectivity index (χ2v) is 6.25. The molecule has 22 heavy (non-hydrogen) atoms. The van der Waals surface area contributed by atoms with Gasteiger partial charge in [0.2, 0.25) is 5.43 Å². The van der Waals surface area contributed by atoms with Gasteiger partial charge in [0.05, 0.1) is 22.5 Å². The van der Waals surface area contributed by atoms with E-state index in [2.05, 4.69) is 31.9 Å². The second kappa shape index (κ2) is 5.78. The van der Waals surface area contributed by atoms with E-state index in [1.807, 2.05) is 0 Å². The average molecular weight is 426 g/mol. The first-order valence-corrected chi connectivity index (χ1v) is 7.88. The van der Waals surface area contributed by atoms with E-state index in [1.54, 1.807) is 37.4 Å². The maximum absolute atomic E-state index is 12.7. The number of rotatable bonds is 2. The molecule has 0 aliphatic heterocycles. The lowest BCUT2D eigenvalue weighted by Crippen LogP contribution is -2.05. The third-order valence-electron chi connectivity index (χ3n) is 3.33. The summed E-state index contributed by atoms with van der Waals surface area (Å²) in [4.78, 5) is 12.7. The molecule has 0 bridgehead atoms. The Kier molecular flexibility index (Phi) is 3.97. The largest absolute Gasteiger partial charge is 0.505 e. The molecule has 0 aliphatic carbocycles. The van der Waals surface area contributed by atoms with Gasteiger partial charge in [0.15, 0.2) is 5.58 Å². The zero-order chi connectivity index (χ0) is 15.9. The summed E-state index contributed by atoms with van der Waals surface area (Å²) in [6, 6.07) is 8.69. The Morgan fingerprint density at radius 1 is 1.18 bits per heavy atom. The maximum Gasteiger partial charge on any atom is 0.200 e. The molecule has 0 amide bonds. The number of phenolic OH excluding ortho intramolecular Hbond substituents is 1. The van der Waals surface area contributed by atoms with Gasteiger partial charge in [-0.3, -0.25) is 4.79 Å². The fraction of sp³-hybridized carbons (Fsp3) is 0.0625. The van der Waals surface area contributed by atoms with Crippen molar-refractivity contribution in [3.8, 4) is 22.6 Å². The summed E-state index contributed by atoms with van der Waals surface area (Å²) in [6.07, 6.45) is 1.39. The van der Waals surface area contributed by atoms with Crippen LogP contribution in [0, 0.1) is 0 Å². The first kappa shape index (κ1) is 15.1. The summed E-state index contributed by atoms with van der Waals surface area (Å²) < 4.78 is 11.4. The highest BCUT2D eigenvalue weighted by molar-refractivity contribution is 9.11. The molecule has 0 spiro atoms. The van der Waals surface area contributed by atoms with Gasteiger partial charge in [-0.05, 0) is 55.6 Å². The Labute approximate surface area is 142 Å². The molecule has 3 aromatic rings. The normalized spacial score (nSPS) is 10.9. The SMILES string of the molecule is COc1ccc(-c2coc3c(Br)c(O)c(Br)cc3c2=O)cc1. The van der Waals surface area contributed by atoms with Crippen LogP contribution in [0.3, 0.4) is 0 Å². The Hall–Kier alpha value is -1.79. The van der Waals surface area contributed by atoms with E-state index in [1.165, 1.54) is 6.26 Å². The number of ether oxygens (including phenoxy) is 1. The van der Waals surface area contributed by atoms with E-state index in [4.69, 9.17) is 9.15 Å². The van der Waals surface area contributed by atoms with Gasteiger partial charge in [-0.1, -0.05) is 12.1 Å². The fourth-order valence-corrected chi connectivity index (χ4v) is 3.38. The minimum absolute atomic E-state index is 0.00662. The summed E-state index contributed by atoms with van der Waals surface area (Å²) in [6.45, 7) is 0. The molecular weight excluding hydrogens is 416 g/mol. The second-order valence-electron chi connectivity index (χ2n) is 4.60. The lowest BCUT2D eigenvalue weighted by Gasteiger charge is -2.07. The highest BCUT2D eigenvalue weighted by atomic mass is 79.9. The van der Waals surface area contributed by atoms with Crippen LogP contribution >= 0.6 is 31.9 Å². The van der Waals surface area contributed by atoms with Crippen molar-refractivity contribution in [3.63, 3.8) is 0 Å². The van der Waals surface area contributed by atoms with Crippen LogP contribution in [0.5, 0.6) is 11.5 Å². The molecule has 112 valence electrons. The highest BCUT2D eigenvalue weighted by Crippen LogP contribution is 2.38. The molecule has 0 saturated heterocycles. The zero-order valence-electron chi connectivity index (χ0n) is 11.4. The third-order valence-corrected chi connectivity index (χ3v) is 4.67. The number of phenols is 1. The van der Waals surface area contributed by atoms with E-state index < -0.39 is 0 Å². The molecule has 1 N–H and O–H groups in total. The number of methoxy groups -OCH3 is 1. The average Bonchev–Trinajstić information content (AvgIpc) is 2.54. The quantitative estimate of drug-likeness (QED) is 0.646. The van der Waals surface area contributed by atoms with Crippen molar-refractivity contribution in [2.75, 3.05) is 7.11 Å². The number of benzene rings is 2. The molecule has 0 aliphatic rings. The molecule has 0 unspecified atom stereocenters. The van der Waals surface area contributed by atoms with Crippen LogP contribution in [-0.4, -0.2) is 12.2 Å². The van der Waals surface area contributed by atoms with Crippen LogP contribution in [-0.2, 0) is 0 Å². The lowest BCUT2D eigenvalue weighted by atomic mass is 10.1. The van der Waals surface area contributed by atoms with Gasteiger partial charge in [0.1, 0.15) is 22.2 Å². The molecule has 0 saturated carbocycles. The van der Waals surface area contributed by atoms with Gasteiger partial charge in [-0.2, -0.15) is 0 Å². The topological polar surface area (TPSA) is 59.7 Å². The molecule has 0 radical (unpaired) electrons. The first-order valence-electron chi connectivity index (χ1n) is 6.30. The van der Waals surface area contributed by atoms with Gasteiger partial charge >= 0.3 is 0 Å². The number of fused-ring (bicyclic) bond motifs is 1. The van der Waals surface area contributed by atoms with Crippen molar-refractivity contribution < 1.29 is 14.3 Å². The molecular formula is C16H10Br2O4. The Morgan fingerprint density at radius 3 is 2.50 bits per heavy atom. The maximum atomic E-state index is 12.7. The van der Waals surface area contributed by atoms with E-state index in [9.17, 15) is 9.90 Å². The molecule has 2 aromatic carbocycles. The summed E-state index contributed by atoms with van der Waals surface area (Å²) in [7, 11) is 1.58. The van der Waals surface area contributed by atoms with Crippen LogP contribution < -0.4 is 10.2 Å². The van der Waals surface area contributed by atoms with Crippen molar-refractivity contribution in [1.82, 2.24) is 0 Å². The Bertz CT molecular complexity index is 914. The van der Waals surface area contributed by atoms with E-state index in [0.29, 0.717) is 31.2 Å². The van der Waals surface area contributed by atoms with Crippen LogP contribution in [0.4, 0.5) is 0 Å². The Morgan fingerprint density at radius 2 is 1.86 bits per heavy atom. The number of aromatic hydroxyl groups is 1. The van der Waals surface area contributed by atoms with Gasteiger partial charge in [-0.15, -0.1) is 0 Å². The first-order chi connectivity index (χ1) is 10.5. The standard InChI is InChI=1S/C16H10Br2O4/c1-21-9-4-2-8(3-5-9)11-7-22-16-10(14(11)19)6-12(17)15(20)13(16)18/h2-7,20H,1H3. The molecule has 1 heterocycles. The van der Waals surface area contributed by atoms with Gasteiger partial charge < -0.3 is 14.3 Å². The van der Waals surface area contributed by atoms with Gasteiger partial charge in [0.25, 0.3) is 0 Å². The molecule has 3 rings (SSSR count). The Balaban J connectivity index is 2.26. The van der Waals surface area contributed by atoms with Crippen LogP contribution in [0.15, 0.2) is 54.8 Å². The van der Waals surface area contributed by atoms with Crippen LogP contribution in [0.25, 0.3) is 22.1 Å². The van der Waals surface area contributed by atoms with Gasteiger partial charge in [0, 0.05) is 0 Å². The predicted octanol–water partition coefficient (Wildman–Crippen LogP) is 4.70. The zero-order valence-corrected chi connectivity index (χ0v) is 14.6. The monoisotopic (exact) mass is 424 g/mol. The predicted molar refractivity (Wildman–Crippen MR) is 91.5 cm³/mol. The van der Waals surface area contributed by atoms with E-state index in [-0.39, 0.29) is 11.2 Å². The van der Waals surface area contributed by atoms with Gasteiger partial charge in [-0.25, -0.2) is 0 Å². The smallest absolute Gasteiger partial charge is 0.200 e. The fourth-order valence-electron chi connectivity index (χ4n) is 2.16. The number of halogens is 2. The molecule has 1 aromatic heterocycles. The number of hydrogen-bond donors (Lipinski definition) is 1. The highest BCUT2D eigenvalue weighted by Gasteiger charge is 2.16. The molecule has 0 fully saturated rings. The van der Waals surface area contributed by atoms with Crippen molar-refractivity contribution in [2.24, 2.45) is 0 Å². The lowest BCUT2D eigenvalue weighted by molar-refractivity contribution is 0.415. The third kappa shape index (κ3) is 2.42. The van der Waals surface area contributed by atoms with Crippen LogP contribution in [0.1, 0.15) is 0 Å².